The first kappa shape index (κ1) is 19.0. The van der Waals surface area contributed by atoms with E-state index in [4.69, 9.17) is 9.72 Å². The van der Waals surface area contributed by atoms with Gasteiger partial charge in [-0.05, 0) is 55.3 Å². The molecule has 2 aromatic carbocycles. The molecule has 4 nitrogen and oxygen atoms in total. The van der Waals surface area contributed by atoms with E-state index in [1.807, 2.05) is 12.1 Å². The molecule has 5 heteroatoms. The lowest BCUT2D eigenvalue weighted by molar-refractivity contribution is 0.247. The summed E-state index contributed by atoms with van der Waals surface area (Å²) >= 11 is 1.72. The highest BCUT2D eigenvalue weighted by Crippen LogP contribution is 2.27. The number of benzene rings is 2. The van der Waals surface area contributed by atoms with Crippen molar-refractivity contribution in [2.75, 3.05) is 38.2 Å². The first-order chi connectivity index (χ1) is 13.6. The molecule has 0 amide bonds. The maximum atomic E-state index is 5.24. The molecule has 0 bridgehead atoms. The molecule has 1 aliphatic heterocycles. The second kappa shape index (κ2) is 8.33. The highest BCUT2D eigenvalue weighted by molar-refractivity contribution is 7.13. The average Bonchev–Trinajstić information content (AvgIpc) is 3.19. The Morgan fingerprint density at radius 1 is 1.00 bits per heavy atom. The van der Waals surface area contributed by atoms with Crippen LogP contribution in [0.2, 0.25) is 0 Å². The minimum absolute atomic E-state index is 0.877. The van der Waals surface area contributed by atoms with E-state index in [-0.39, 0.29) is 0 Å². The molecule has 28 heavy (non-hydrogen) atoms. The number of piperazine rings is 1. The Hall–Kier alpha value is -2.37. The number of ether oxygens (including phenoxy) is 1. The smallest absolute Gasteiger partial charge is 0.123 e. The van der Waals surface area contributed by atoms with E-state index in [2.05, 4.69) is 59.4 Å². The van der Waals surface area contributed by atoms with Crippen molar-refractivity contribution in [2.24, 2.45) is 0 Å². The number of methoxy groups -OCH3 is 1. The van der Waals surface area contributed by atoms with Crippen LogP contribution in [0.5, 0.6) is 5.75 Å². The number of hydrogen-bond donors (Lipinski definition) is 0. The van der Waals surface area contributed by atoms with Crippen molar-refractivity contribution >= 4 is 17.0 Å². The molecule has 0 unspecified atom stereocenters. The summed E-state index contributed by atoms with van der Waals surface area (Å²) in [4.78, 5) is 9.88. The van der Waals surface area contributed by atoms with Gasteiger partial charge in [-0.1, -0.05) is 12.1 Å². The summed E-state index contributed by atoms with van der Waals surface area (Å²) in [7, 11) is 1.69. The number of rotatable bonds is 5. The van der Waals surface area contributed by atoms with Crippen molar-refractivity contribution in [1.82, 2.24) is 9.88 Å². The van der Waals surface area contributed by atoms with E-state index in [1.54, 1.807) is 18.4 Å². The lowest BCUT2D eigenvalue weighted by Gasteiger charge is -2.36. The molecule has 3 aromatic rings. The first-order valence-corrected chi connectivity index (χ1v) is 10.6. The zero-order chi connectivity index (χ0) is 19.5. The van der Waals surface area contributed by atoms with E-state index in [0.29, 0.717) is 0 Å². The predicted molar refractivity (Wildman–Crippen MR) is 118 cm³/mol. The van der Waals surface area contributed by atoms with Crippen molar-refractivity contribution < 1.29 is 4.74 Å². The monoisotopic (exact) mass is 393 g/mol. The number of thiazole rings is 1. The largest absolute Gasteiger partial charge is 0.497 e. The number of aromatic nitrogens is 1. The van der Waals surface area contributed by atoms with Crippen LogP contribution in [0.15, 0.2) is 47.8 Å². The summed E-state index contributed by atoms with van der Waals surface area (Å²) in [5.41, 5.74) is 6.47. The van der Waals surface area contributed by atoms with Crippen molar-refractivity contribution in [3.8, 4) is 16.3 Å². The summed E-state index contributed by atoms with van der Waals surface area (Å²) in [6.45, 7) is 9.63. The molecule has 4 rings (SSSR count). The Morgan fingerprint density at radius 3 is 2.46 bits per heavy atom. The van der Waals surface area contributed by atoms with Crippen LogP contribution in [0, 0.1) is 13.8 Å². The summed E-state index contributed by atoms with van der Waals surface area (Å²) in [5.74, 6) is 0.877. The predicted octanol–water partition coefficient (Wildman–Crippen LogP) is 4.76. The van der Waals surface area contributed by atoms with Crippen molar-refractivity contribution in [1.29, 1.82) is 0 Å². The zero-order valence-electron chi connectivity index (χ0n) is 16.8. The third kappa shape index (κ3) is 4.05. The van der Waals surface area contributed by atoms with Crippen LogP contribution in [0.1, 0.15) is 16.8 Å². The first-order valence-electron chi connectivity index (χ1n) is 9.76. The molecule has 1 saturated heterocycles. The molecule has 0 spiro atoms. The van der Waals surface area contributed by atoms with Crippen molar-refractivity contribution in [3.63, 3.8) is 0 Å². The highest BCUT2D eigenvalue weighted by Gasteiger charge is 2.19. The van der Waals surface area contributed by atoms with Gasteiger partial charge in [-0.25, -0.2) is 4.98 Å². The summed E-state index contributed by atoms with van der Waals surface area (Å²) in [6, 6.07) is 14.7. The average molecular weight is 394 g/mol. The van der Waals surface area contributed by atoms with Gasteiger partial charge in [-0.15, -0.1) is 11.3 Å². The number of anilines is 1. The molecular formula is C23H27N3OS. The molecule has 0 aliphatic carbocycles. The Morgan fingerprint density at radius 2 is 1.75 bits per heavy atom. The molecule has 1 aliphatic rings. The molecule has 1 fully saturated rings. The maximum absolute atomic E-state index is 5.24. The number of nitrogens with zero attached hydrogens (tertiary/aromatic N) is 3. The van der Waals surface area contributed by atoms with Crippen LogP contribution in [0.25, 0.3) is 10.6 Å². The van der Waals surface area contributed by atoms with Gasteiger partial charge in [0.2, 0.25) is 0 Å². The third-order valence-electron chi connectivity index (χ3n) is 5.56. The molecule has 1 aromatic heterocycles. The Kier molecular flexibility index (Phi) is 5.64. The van der Waals surface area contributed by atoms with Crippen LogP contribution < -0.4 is 9.64 Å². The molecule has 0 atom stereocenters. The topological polar surface area (TPSA) is 28.6 Å². The minimum Gasteiger partial charge on any atom is -0.497 e. The van der Waals surface area contributed by atoms with Crippen LogP contribution in [-0.4, -0.2) is 43.2 Å². The van der Waals surface area contributed by atoms with E-state index >= 15 is 0 Å². The van der Waals surface area contributed by atoms with Gasteiger partial charge in [0.1, 0.15) is 10.8 Å². The van der Waals surface area contributed by atoms with E-state index in [1.165, 1.54) is 16.8 Å². The molecular weight excluding hydrogens is 366 g/mol. The van der Waals surface area contributed by atoms with Gasteiger partial charge in [-0.3, -0.25) is 4.90 Å². The second-order valence-electron chi connectivity index (χ2n) is 7.35. The second-order valence-corrected chi connectivity index (χ2v) is 8.21. The molecule has 146 valence electrons. The zero-order valence-corrected chi connectivity index (χ0v) is 17.6. The number of aryl methyl sites for hydroxylation is 1. The standard InChI is InChI=1S/C23H27N3OS/c1-17-5-4-6-22(18(17)2)26-13-11-25(12-14-26)15-20-16-28-23(24-20)19-7-9-21(27-3)10-8-19/h4-10,16H,11-15H2,1-3H3. The van der Waals surface area contributed by atoms with E-state index in [0.717, 1.165) is 54.7 Å². The maximum Gasteiger partial charge on any atom is 0.123 e. The quantitative estimate of drug-likeness (QED) is 0.625. The lowest BCUT2D eigenvalue weighted by atomic mass is 10.1. The SMILES string of the molecule is COc1ccc(-c2nc(CN3CCN(c4cccc(C)c4C)CC3)cs2)cc1. The molecule has 0 N–H and O–H groups in total. The van der Waals surface area contributed by atoms with Crippen molar-refractivity contribution in [3.05, 3.63) is 64.7 Å². The Labute approximate surface area is 171 Å². The lowest BCUT2D eigenvalue weighted by Crippen LogP contribution is -2.46. The van der Waals surface area contributed by atoms with Gasteiger partial charge in [0.15, 0.2) is 0 Å². The van der Waals surface area contributed by atoms with Gasteiger partial charge in [0.25, 0.3) is 0 Å². The van der Waals surface area contributed by atoms with Gasteiger partial charge < -0.3 is 9.64 Å². The van der Waals surface area contributed by atoms with Gasteiger partial charge >= 0.3 is 0 Å². The highest BCUT2D eigenvalue weighted by atomic mass is 32.1. The summed E-state index contributed by atoms with van der Waals surface area (Å²) in [6.07, 6.45) is 0. The van der Waals surface area contributed by atoms with Crippen molar-refractivity contribution in [2.45, 2.75) is 20.4 Å². The van der Waals surface area contributed by atoms with Crippen LogP contribution in [0.3, 0.4) is 0 Å². The normalized spacial score (nSPS) is 15.0. The fraction of sp³-hybridized carbons (Fsp3) is 0.348. The molecule has 0 radical (unpaired) electrons. The van der Waals surface area contributed by atoms with Crippen LogP contribution >= 0.6 is 11.3 Å². The van der Waals surface area contributed by atoms with Gasteiger partial charge in [0, 0.05) is 49.4 Å². The fourth-order valence-corrected chi connectivity index (χ4v) is 4.52. The van der Waals surface area contributed by atoms with E-state index < -0.39 is 0 Å². The Balaban J connectivity index is 1.36. The summed E-state index contributed by atoms with van der Waals surface area (Å²) in [5, 5.41) is 3.27. The molecule has 0 saturated carbocycles. The fourth-order valence-electron chi connectivity index (χ4n) is 3.70. The molecule has 2 heterocycles. The van der Waals surface area contributed by atoms with Crippen LogP contribution in [-0.2, 0) is 6.54 Å². The van der Waals surface area contributed by atoms with Crippen LogP contribution in [0.4, 0.5) is 5.69 Å². The third-order valence-corrected chi connectivity index (χ3v) is 6.50. The minimum atomic E-state index is 0.877. The van der Waals surface area contributed by atoms with Gasteiger partial charge in [-0.2, -0.15) is 0 Å². The van der Waals surface area contributed by atoms with E-state index in [9.17, 15) is 0 Å². The number of hydrogen-bond acceptors (Lipinski definition) is 5. The summed E-state index contributed by atoms with van der Waals surface area (Å²) < 4.78 is 5.24. The Bertz CT molecular complexity index is 927. The van der Waals surface area contributed by atoms with Gasteiger partial charge in [0.05, 0.1) is 12.8 Å².